The molecule has 0 saturated heterocycles. The fraction of sp³-hybridized carbons (Fsp3) is 0.208. The van der Waals surface area contributed by atoms with E-state index in [0.29, 0.717) is 23.4 Å². The molecular weight excluding hydrogens is 410 g/mol. The molecule has 0 radical (unpaired) electrons. The molecule has 31 heavy (non-hydrogen) atoms. The van der Waals surface area contributed by atoms with Crippen LogP contribution in [0.3, 0.4) is 0 Å². The third-order valence-corrected chi connectivity index (χ3v) is 5.56. The van der Waals surface area contributed by atoms with Gasteiger partial charge in [-0.05, 0) is 47.8 Å². The number of nitrogen functional groups attached to an aromatic ring is 1. The van der Waals surface area contributed by atoms with Crippen LogP contribution in [0.4, 0.5) is 11.5 Å². The molecule has 0 unspecified atom stereocenters. The first-order valence-corrected chi connectivity index (χ1v) is 11.2. The number of ether oxygens (including phenoxy) is 1. The van der Waals surface area contributed by atoms with Crippen molar-refractivity contribution in [3.8, 4) is 11.1 Å². The maximum Gasteiger partial charge on any atom is 0.329 e. The van der Waals surface area contributed by atoms with Crippen LogP contribution in [0.25, 0.3) is 11.1 Å². The number of thioether (sulfide) groups is 1. The van der Waals surface area contributed by atoms with Crippen LogP contribution in [0, 0.1) is 0 Å². The van der Waals surface area contributed by atoms with Gasteiger partial charge in [-0.15, -0.1) is 0 Å². The zero-order chi connectivity index (χ0) is 22.2. The number of rotatable bonds is 8. The summed E-state index contributed by atoms with van der Waals surface area (Å²) in [7, 11) is 1.32. The number of hydrogen-bond donors (Lipinski definition) is 1. The summed E-state index contributed by atoms with van der Waals surface area (Å²) in [5.41, 5.74) is 8.66. The maximum atomic E-state index is 13.9. The molecule has 1 atom stereocenters. The summed E-state index contributed by atoms with van der Waals surface area (Å²) < 4.78 is 5.05. The van der Waals surface area contributed by atoms with Crippen LogP contribution in [0.15, 0.2) is 72.9 Å². The van der Waals surface area contributed by atoms with Crippen molar-refractivity contribution in [1.82, 2.24) is 4.98 Å². The average Bonchev–Trinajstić information content (AvgIpc) is 2.82. The molecule has 6 nitrogen and oxygen atoms in total. The second-order valence-electron chi connectivity index (χ2n) is 6.81. The second-order valence-corrected chi connectivity index (χ2v) is 7.80. The summed E-state index contributed by atoms with van der Waals surface area (Å²) in [6.45, 7) is 0. The molecule has 0 aliphatic rings. The standard InChI is InChI=1S/C24H25N3O3S/c1-30-24(29)21(14-16-31-2)27(20-13-8-15-26-22(20)25)23(28)19-12-7-6-11-18(19)17-9-4-3-5-10-17/h3-13,15,21H,14,16H2,1-2H3,(H2,25,26)/t21-/m0/s1. The summed E-state index contributed by atoms with van der Waals surface area (Å²) in [5.74, 6) is 0.00827. The Labute approximate surface area is 186 Å². The van der Waals surface area contributed by atoms with E-state index in [0.717, 1.165) is 11.1 Å². The lowest BCUT2D eigenvalue weighted by Gasteiger charge is -2.31. The van der Waals surface area contributed by atoms with Crippen molar-refractivity contribution in [1.29, 1.82) is 0 Å². The monoisotopic (exact) mass is 435 g/mol. The SMILES string of the molecule is COC(=O)[C@H](CCSC)N(C(=O)c1ccccc1-c1ccccc1)c1cccnc1N. The number of hydrogen-bond acceptors (Lipinski definition) is 6. The number of benzene rings is 2. The fourth-order valence-electron chi connectivity index (χ4n) is 3.42. The molecule has 0 aliphatic heterocycles. The van der Waals surface area contributed by atoms with Gasteiger partial charge in [0, 0.05) is 11.8 Å². The van der Waals surface area contributed by atoms with Gasteiger partial charge in [0.05, 0.1) is 12.8 Å². The van der Waals surface area contributed by atoms with E-state index >= 15 is 0 Å². The Bertz CT molecular complexity index is 1040. The van der Waals surface area contributed by atoms with Crippen LogP contribution in [0.1, 0.15) is 16.8 Å². The number of anilines is 2. The molecule has 0 saturated carbocycles. The van der Waals surface area contributed by atoms with Crippen LogP contribution in [0.2, 0.25) is 0 Å². The largest absolute Gasteiger partial charge is 0.467 e. The minimum atomic E-state index is -0.833. The van der Waals surface area contributed by atoms with Gasteiger partial charge >= 0.3 is 5.97 Å². The molecule has 0 bridgehead atoms. The highest BCUT2D eigenvalue weighted by molar-refractivity contribution is 7.98. The molecule has 1 amide bonds. The minimum absolute atomic E-state index is 0.172. The van der Waals surface area contributed by atoms with E-state index in [-0.39, 0.29) is 11.7 Å². The molecule has 7 heteroatoms. The lowest BCUT2D eigenvalue weighted by atomic mass is 9.98. The Hall–Kier alpha value is -3.32. The van der Waals surface area contributed by atoms with Crippen molar-refractivity contribution in [2.75, 3.05) is 29.8 Å². The number of nitrogens with zero attached hydrogens (tertiary/aromatic N) is 2. The third kappa shape index (κ3) is 5.06. The van der Waals surface area contributed by atoms with E-state index in [9.17, 15) is 9.59 Å². The van der Waals surface area contributed by atoms with Gasteiger partial charge in [0.1, 0.15) is 11.9 Å². The molecule has 160 valence electrons. The summed E-state index contributed by atoms with van der Waals surface area (Å²) in [6, 6.07) is 19.5. The van der Waals surface area contributed by atoms with Gasteiger partial charge in [0.2, 0.25) is 0 Å². The van der Waals surface area contributed by atoms with Crippen molar-refractivity contribution in [3.05, 3.63) is 78.5 Å². The highest BCUT2D eigenvalue weighted by atomic mass is 32.2. The Balaban J connectivity index is 2.16. The first-order valence-electron chi connectivity index (χ1n) is 9.83. The van der Waals surface area contributed by atoms with Gasteiger partial charge in [-0.2, -0.15) is 11.8 Å². The summed E-state index contributed by atoms with van der Waals surface area (Å²) in [6.07, 6.45) is 3.92. The molecule has 1 aromatic heterocycles. The van der Waals surface area contributed by atoms with E-state index in [2.05, 4.69) is 4.98 Å². The number of nitrogens with two attached hydrogens (primary N) is 1. The van der Waals surface area contributed by atoms with E-state index in [1.807, 2.05) is 48.7 Å². The van der Waals surface area contributed by atoms with Crippen LogP contribution in [-0.2, 0) is 9.53 Å². The van der Waals surface area contributed by atoms with Crippen molar-refractivity contribution in [2.45, 2.75) is 12.5 Å². The quantitative estimate of drug-likeness (QED) is 0.532. The molecule has 0 aliphatic carbocycles. The summed E-state index contributed by atoms with van der Waals surface area (Å²) in [5, 5.41) is 0. The van der Waals surface area contributed by atoms with Gasteiger partial charge in [0.15, 0.2) is 0 Å². The highest BCUT2D eigenvalue weighted by Gasteiger charge is 2.34. The minimum Gasteiger partial charge on any atom is -0.467 e. The van der Waals surface area contributed by atoms with Crippen LogP contribution in [-0.4, -0.2) is 42.0 Å². The van der Waals surface area contributed by atoms with Crippen LogP contribution < -0.4 is 10.6 Å². The van der Waals surface area contributed by atoms with E-state index < -0.39 is 12.0 Å². The van der Waals surface area contributed by atoms with Crippen LogP contribution >= 0.6 is 11.8 Å². The number of amides is 1. The Kier molecular flexibility index (Phi) is 7.67. The highest BCUT2D eigenvalue weighted by Crippen LogP contribution is 2.31. The molecule has 0 fully saturated rings. The smallest absolute Gasteiger partial charge is 0.329 e. The summed E-state index contributed by atoms with van der Waals surface area (Å²) in [4.78, 5) is 32.2. The number of aromatic nitrogens is 1. The predicted octanol–water partition coefficient (Wildman–Crippen LogP) is 4.27. The number of pyridine rings is 1. The Morgan fingerprint density at radius 3 is 2.45 bits per heavy atom. The molecule has 1 heterocycles. The molecule has 3 aromatic rings. The van der Waals surface area contributed by atoms with Gasteiger partial charge < -0.3 is 10.5 Å². The number of carbonyl (C=O) groups excluding carboxylic acids is 2. The van der Waals surface area contributed by atoms with Gasteiger partial charge in [-0.1, -0.05) is 48.5 Å². The number of esters is 1. The average molecular weight is 436 g/mol. The topological polar surface area (TPSA) is 85.5 Å². The Morgan fingerprint density at radius 1 is 1.06 bits per heavy atom. The summed E-state index contributed by atoms with van der Waals surface area (Å²) >= 11 is 1.59. The van der Waals surface area contributed by atoms with Crippen molar-refractivity contribution in [2.24, 2.45) is 0 Å². The van der Waals surface area contributed by atoms with Gasteiger partial charge in [-0.3, -0.25) is 9.69 Å². The molecule has 0 spiro atoms. The van der Waals surface area contributed by atoms with Gasteiger partial charge in [0.25, 0.3) is 5.91 Å². The number of carbonyl (C=O) groups is 2. The van der Waals surface area contributed by atoms with Gasteiger partial charge in [-0.25, -0.2) is 9.78 Å². The van der Waals surface area contributed by atoms with E-state index in [1.165, 1.54) is 12.0 Å². The second kappa shape index (κ2) is 10.6. The van der Waals surface area contributed by atoms with Crippen molar-refractivity contribution < 1.29 is 14.3 Å². The zero-order valence-corrected chi connectivity index (χ0v) is 18.3. The van der Waals surface area contributed by atoms with E-state index in [1.54, 1.807) is 42.2 Å². The molecular formula is C24H25N3O3S. The van der Waals surface area contributed by atoms with Crippen molar-refractivity contribution in [3.63, 3.8) is 0 Å². The molecule has 3 rings (SSSR count). The lowest BCUT2D eigenvalue weighted by molar-refractivity contribution is -0.142. The zero-order valence-electron chi connectivity index (χ0n) is 17.5. The number of methoxy groups -OCH3 is 1. The van der Waals surface area contributed by atoms with Crippen molar-refractivity contribution >= 4 is 35.1 Å². The fourth-order valence-corrected chi connectivity index (χ4v) is 3.88. The Morgan fingerprint density at radius 2 is 1.77 bits per heavy atom. The molecule has 2 aromatic carbocycles. The third-order valence-electron chi connectivity index (χ3n) is 4.92. The van der Waals surface area contributed by atoms with Crippen LogP contribution in [0.5, 0.6) is 0 Å². The molecule has 2 N–H and O–H groups in total. The normalized spacial score (nSPS) is 11.5. The lowest BCUT2D eigenvalue weighted by Crippen LogP contribution is -2.47. The van der Waals surface area contributed by atoms with E-state index in [4.69, 9.17) is 10.5 Å². The maximum absolute atomic E-state index is 13.9. The predicted molar refractivity (Wildman–Crippen MR) is 126 cm³/mol. The first kappa shape index (κ1) is 22.4. The first-order chi connectivity index (χ1) is 15.1.